The van der Waals surface area contributed by atoms with Crippen molar-refractivity contribution >= 4 is 0 Å². The molecule has 2 heteroatoms. The second-order valence-electron chi connectivity index (χ2n) is 5.88. The Hall–Kier alpha value is -1.64. The molecule has 0 aliphatic rings. The van der Waals surface area contributed by atoms with E-state index in [1.165, 1.54) is 11.1 Å². The third-order valence-electron chi connectivity index (χ3n) is 3.90. The number of benzene rings is 2. The average Bonchev–Trinajstić information content (AvgIpc) is 2.53. The first kappa shape index (κ1) is 15.7. The van der Waals surface area contributed by atoms with E-state index >= 15 is 0 Å². The van der Waals surface area contributed by atoms with Gasteiger partial charge in [0.25, 0.3) is 0 Å². The Morgan fingerprint density at radius 1 is 0.810 bits per heavy atom. The fourth-order valence-corrected chi connectivity index (χ4v) is 2.37. The lowest BCUT2D eigenvalue weighted by Gasteiger charge is -2.18. The van der Waals surface area contributed by atoms with E-state index in [9.17, 15) is 5.11 Å². The van der Waals surface area contributed by atoms with Gasteiger partial charge in [-0.05, 0) is 29.5 Å². The van der Waals surface area contributed by atoms with Crippen LogP contribution in [0.25, 0.3) is 0 Å². The lowest BCUT2D eigenvalue weighted by atomic mass is 10.00. The Labute approximate surface area is 127 Å². The summed E-state index contributed by atoms with van der Waals surface area (Å²) < 4.78 is 0. The number of aliphatic hydroxyl groups excluding tert-OH is 1. The molecule has 0 aliphatic heterocycles. The minimum absolute atomic E-state index is 0.232. The molecule has 0 spiro atoms. The fraction of sp³-hybridized carbons (Fsp3) is 0.368. The van der Waals surface area contributed by atoms with Crippen LogP contribution in [-0.4, -0.2) is 11.7 Å². The summed E-state index contributed by atoms with van der Waals surface area (Å²) in [5, 5.41) is 13.7. The van der Waals surface area contributed by atoms with E-state index in [0.29, 0.717) is 12.5 Å². The third kappa shape index (κ3) is 4.42. The summed E-state index contributed by atoms with van der Waals surface area (Å²) in [7, 11) is 0. The van der Waals surface area contributed by atoms with Gasteiger partial charge in [0.15, 0.2) is 0 Å². The monoisotopic (exact) mass is 283 g/mol. The zero-order chi connectivity index (χ0) is 15.2. The highest BCUT2D eigenvalue weighted by molar-refractivity contribution is 5.26. The zero-order valence-corrected chi connectivity index (χ0v) is 13.1. The Morgan fingerprint density at radius 2 is 1.38 bits per heavy atom. The van der Waals surface area contributed by atoms with Crippen LogP contribution in [-0.2, 0) is 0 Å². The van der Waals surface area contributed by atoms with Gasteiger partial charge in [-0.1, -0.05) is 68.4 Å². The van der Waals surface area contributed by atoms with E-state index in [4.69, 9.17) is 0 Å². The molecule has 0 saturated heterocycles. The SMILES string of the molecule is CC(C)c1ccc(C(O)CNC(C)c2ccccc2)cc1. The van der Waals surface area contributed by atoms with Gasteiger partial charge < -0.3 is 10.4 Å². The third-order valence-corrected chi connectivity index (χ3v) is 3.90. The van der Waals surface area contributed by atoms with Crippen molar-refractivity contribution in [2.45, 2.75) is 38.8 Å². The van der Waals surface area contributed by atoms with Crippen LogP contribution in [0.4, 0.5) is 0 Å². The van der Waals surface area contributed by atoms with Crippen LogP contribution < -0.4 is 5.32 Å². The summed E-state index contributed by atoms with van der Waals surface area (Å²) in [6, 6.07) is 18.8. The highest BCUT2D eigenvalue weighted by Gasteiger charge is 2.10. The molecule has 2 N–H and O–H groups in total. The maximum Gasteiger partial charge on any atom is 0.0914 e. The standard InChI is InChI=1S/C19H25NO/c1-14(2)16-9-11-18(12-10-16)19(21)13-20-15(3)17-7-5-4-6-8-17/h4-12,14-15,19-21H,13H2,1-3H3. The predicted octanol–water partition coefficient (Wildman–Crippen LogP) is 4.19. The Bertz CT molecular complexity index is 533. The van der Waals surface area contributed by atoms with Gasteiger partial charge >= 0.3 is 0 Å². The molecule has 112 valence electrons. The number of nitrogens with one attached hydrogen (secondary N) is 1. The summed E-state index contributed by atoms with van der Waals surface area (Å²) >= 11 is 0. The molecule has 0 saturated carbocycles. The van der Waals surface area contributed by atoms with Crippen molar-refractivity contribution in [1.82, 2.24) is 5.32 Å². The summed E-state index contributed by atoms with van der Waals surface area (Å²) in [5.41, 5.74) is 3.50. The largest absolute Gasteiger partial charge is 0.387 e. The molecule has 21 heavy (non-hydrogen) atoms. The van der Waals surface area contributed by atoms with E-state index in [1.54, 1.807) is 0 Å². The molecule has 0 heterocycles. The summed E-state index contributed by atoms with van der Waals surface area (Å²) in [6.45, 7) is 7.02. The lowest BCUT2D eigenvalue weighted by Crippen LogP contribution is -2.24. The highest BCUT2D eigenvalue weighted by atomic mass is 16.3. The molecule has 0 fully saturated rings. The predicted molar refractivity (Wildman–Crippen MR) is 88.4 cm³/mol. The van der Waals surface area contributed by atoms with Gasteiger partial charge in [-0.3, -0.25) is 0 Å². The smallest absolute Gasteiger partial charge is 0.0914 e. The van der Waals surface area contributed by atoms with Gasteiger partial charge in [-0.25, -0.2) is 0 Å². The number of aliphatic hydroxyl groups is 1. The quantitative estimate of drug-likeness (QED) is 0.833. The topological polar surface area (TPSA) is 32.3 Å². The molecule has 0 amide bonds. The first-order chi connectivity index (χ1) is 10.1. The zero-order valence-electron chi connectivity index (χ0n) is 13.1. The molecule has 0 aromatic heterocycles. The summed E-state index contributed by atoms with van der Waals surface area (Å²) in [4.78, 5) is 0. The number of rotatable bonds is 6. The van der Waals surface area contributed by atoms with Gasteiger partial charge in [-0.2, -0.15) is 0 Å². The Morgan fingerprint density at radius 3 is 1.95 bits per heavy atom. The van der Waals surface area contributed by atoms with Crippen molar-refractivity contribution in [3.05, 3.63) is 71.3 Å². The molecule has 0 aliphatic carbocycles. The minimum atomic E-state index is -0.475. The maximum atomic E-state index is 10.3. The van der Waals surface area contributed by atoms with E-state index in [1.807, 2.05) is 30.3 Å². The van der Waals surface area contributed by atoms with E-state index in [-0.39, 0.29) is 6.04 Å². The van der Waals surface area contributed by atoms with Crippen LogP contribution in [0.15, 0.2) is 54.6 Å². The first-order valence-electron chi connectivity index (χ1n) is 7.64. The molecule has 0 radical (unpaired) electrons. The van der Waals surface area contributed by atoms with Gasteiger partial charge in [0, 0.05) is 12.6 Å². The van der Waals surface area contributed by atoms with E-state index < -0.39 is 6.10 Å². The molecule has 2 rings (SSSR count). The maximum absolute atomic E-state index is 10.3. The van der Waals surface area contributed by atoms with Crippen molar-refractivity contribution in [3.63, 3.8) is 0 Å². The van der Waals surface area contributed by atoms with E-state index in [2.05, 4.69) is 50.4 Å². The molecule has 0 bridgehead atoms. The molecule has 2 aromatic carbocycles. The minimum Gasteiger partial charge on any atom is -0.387 e. The van der Waals surface area contributed by atoms with Crippen LogP contribution in [0.1, 0.15) is 55.5 Å². The Balaban J connectivity index is 1.91. The molecule has 2 nitrogen and oxygen atoms in total. The summed E-state index contributed by atoms with van der Waals surface area (Å²) in [6.07, 6.45) is -0.475. The second-order valence-corrected chi connectivity index (χ2v) is 5.88. The average molecular weight is 283 g/mol. The van der Waals surface area contributed by atoms with Crippen molar-refractivity contribution < 1.29 is 5.11 Å². The van der Waals surface area contributed by atoms with Crippen molar-refractivity contribution in [1.29, 1.82) is 0 Å². The van der Waals surface area contributed by atoms with Crippen molar-refractivity contribution in [2.24, 2.45) is 0 Å². The Kier molecular flexibility index (Phi) is 5.54. The number of hydrogen-bond acceptors (Lipinski definition) is 2. The first-order valence-corrected chi connectivity index (χ1v) is 7.64. The van der Waals surface area contributed by atoms with Crippen LogP contribution in [0.2, 0.25) is 0 Å². The van der Waals surface area contributed by atoms with Crippen LogP contribution >= 0.6 is 0 Å². The van der Waals surface area contributed by atoms with Crippen molar-refractivity contribution in [3.8, 4) is 0 Å². The van der Waals surface area contributed by atoms with Crippen LogP contribution in [0.5, 0.6) is 0 Å². The molecular weight excluding hydrogens is 258 g/mol. The summed E-state index contributed by atoms with van der Waals surface area (Å²) in [5.74, 6) is 0.521. The lowest BCUT2D eigenvalue weighted by molar-refractivity contribution is 0.171. The van der Waals surface area contributed by atoms with Crippen molar-refractivity contribution in [2.75, 3.05) is 6.54 Å². The molecule has 2 aromatic rings. The molecule has 2 atom stereocenters. The normalized spacial score (nSPS) is 14.1. The highest BCUT2D eigenvalue weighted by Crippen LogP contribution is 2.19. The van der Waals surface area contributed by atoms with Crippen LogP contribution in [0.3, 0.4) is 0 Å². The second kappa shape index (κ2) is 7.39. The van der Waals surface area contributed by atoms with Gasteiger partial charge in [0.05, 0.1) is 6.10 Å². The molecule has 2 unspecified atom stereocenters. The fourth-order valence-electron chi connectivity index (χ4n) is 2.37. The van der Waals surface area contributed by atoms with Gasteiger partial charge in [0.2, 0.25) is 0 Å². The van der Waals surface area contributed by atoms with Crippen LogP contribution in [0, 0.1) is 0 Å². The van der Waals surface area contributed by atoms with Gasteiger partial charge in [0.1, 0.15) is 0 Å². The molecular formula is C19H25NO. The van der Waals surface area contributed by atoms with Gasteiger partial charge in [-0.15, -0.1) is 0 Å². The van der Waals surface area contributed by atoms with E-state index in [0.717, 1.165) is 5.56 Å². The number of hydrogen-bond donors (Lipinski definition) is 2.